The lowest BCUT2D eigenvalue weighted by Gasteiger charge is -2.06. The fraction of sp³-hybridized carbons (Fsp3) is 0.0667. The fourth-order valence-electron chi connectivity index (χ4n) is 3.97. The molecule has 0 saturated heterocycles. The van der Waals surface area contributed by atoms with E-state index in [-0.39, 0.29) is 11.7 Å². The highest BCUT2D eigenvalue weighted by Gasteiger charge is 2.11. The van der Waals surface area contributed by atoms with Crippen LogP contribution in [-0.2, 0) is 6.42 Å². The van der Waals surface area contributed by atoms with E-state index in [1.165, 1.54) is 11.3 Å². The van der Waals surface area contributed by atoms with Crippen LogP contribution in [0.5, 0.6) is 0 Å². The molecule has 186 valence electrons. The number of hydrogen-bond donors (Lipinski definition) is 1. The highest BCUT2D eigenvalue weighted by atomic mass is 32.1. The van der Waals surface area contributed by atoms with E-state index in [0.717, 1.165) is 33.2 Å². The molecule has 0 atom stereocenters. The normalized spacial score (nSPS) is 10.6. The van der Waals surface area contributed by atoms with Gasteiger partial charge in [0.15, 0.2) is 5.78 Å². The number of nitrogens with one attached hydrogen (secondary N) is 1. The van der Waals surface area contributed by atoms with Crippen LogP contribution in [0.2, 0.25) is 0 Å². The maximum absolute atomic E-state index is 12.4. The average Bonchev–Trinajstić information content (AvgIpc) is 3.49. The van der Waals surface area contributed by atoms with Crippen molar-refractivity contribution in [1.82, 2.24) is 19.9 Å². The second-order valence-corrected chi connectivity index (χ2v) is 9.42. The van der Waals surface area contributed by atoms with E-state index in [1.807, 2.05) is 79.0 Å². The highest BCUT2D eigenvalue weighted by molar-refractivity contribution is 7.12. The van der Waals surface area contributed by atoms with E-state index < -0.39 is 0 Å². The molecule has 0 unspecified atom stereocenters. The van der Waals surface area contributed by atoms with E-state index >= 15 is 0 Å². The van der Waals surface area contributed by atoms with Crippen molar-refractivity contribution < 1.29 is 9.59 Å². The summed E-state index contributed by atoms with van der Waals surface area (Å²) in [7, 11) is 0. The third-order valence-corrected chi connectivity index (χ3v) is 6.63. The maximum Gasteiger partial charge on any atom is 0.265 e. The van der Waals surface area contributed by atoms with Crippen molar-refractivity contribution in [3.8, 4) is 0 Å². The number of nitrogens with zero attached hydrogens (tertiary/aromatic N) is 4. The molecular weight excluding hydrogens is 494 g/mol. The van der Waals surface area contributed by atoms with Crippen LogP contribution in [0.3, 0.4) is 0 Å². The number of anilines is 1. The zero-order valence-electron chi connectivity index (χ0n) is 20.5. The largest absolute Gasteiger partial charge is 0.319 e. The van der Waals surface area contributed by atoms with Crippen molar-refractivity contribution >= 4 is 50.8 Å². The van der Waals surface area contributed by atoms with Crippen molar-refractivity contribution in [2.75, 3.05) is 5.32 Å². The Kier molecular flexibility index (Phi) is 7.52. The Labute approximate surface area is 223 Å². The number of aromatic nitrogens is 4. The van der Waals surface area contributed by atoms with Gasteiger partial charge >= 0.3 is 0 Å². The van der Waals surface area contributed by atoms with Crippen molar-refractivity contribution in [1.29, 1.82) is 0 Å². The summed E-state index contributed by atoms with van der Waals surface area (Å²) >= 11 is 1.41. The molecule has 0 radical (unpaired) electrons. The minimum absolute atomic E-state index is 0.104. The lowest BCUT2D eigenvalue weighted by Crippen LogP contribution is -2.10. The number of aryl methyl sites for hydroxylation is 1. The number of Topliss-reactive ketones (excluding diaryl/α,β-unsaturated/α-hetero) is 1. The molecule has 0 aliphatic rings. The predicted molar refractivity (Wildman–Crippen MR) is 151 cm³/mol. The first-order valence-electron chi connectivity index (χ1n) is 11.9. The monoisotopic (exact) mass is 517 g/mol. The van der Waals surface area contributed by atoms with Gasteiger partial charge in [-0.1, -0.05) is 48.0 Å². The number of para-hydroxylation sites is 2. The second-order valence-electron chi connectivity index (χ2n) is 8.47. The smallest absolute Gasteiger partial charge is 0.265 e. The van der Waals surface area contributed by atoms with Crippen LogP contribution in [-0.4, -0.2) is 31.6 Å². The van der Waals surface area contributed by atoms with Crippen LogP contribution in [0, 0.1) is 6.92 Å². The Morgan fingerprint density at radius 1 is 0.763 bits per heavy atom. The van der Waals surface area contributed by atoms with Crippen LogP contribution < -0.4 is 5.32 Å². The summed E-state index contributed by atoms with van der Waals surface area (Å²) in [4.78, 5) is 42.0. The lowest BCUT2D eigenvalue weighted by molar-refractivity contribution is 0.0991. The van der Waals surface area contributed by atoms with Crippen molar-refractivity contribution in [2.45, 2.75) is 13.3 Å². The molecule has 38 heavy (non-hydrogen) atoms. The van der Waals surface area contributed by atoms with Crippen molar-refractivity contribution in [2.24, 2.45) is 0 Å². The van der Waals surface area contributed by atoms with E-state index in [9.17, 15) is 9.59 Å². The van der Waals surface area contributed by atoms with Crippen LogP contribution in [0.25, 0.3) is 22.1 Å². The Morgan fingerprint density at radius 2 is 1.45 bits per heavy atom. The number of carbonyl (C=O) groups is 2. The van der Waals surface area contributed by atoms with E-state index in [4.69, 9.17) is 0 Å². The number of ketones is 1. The topological polar surface area (TPSA) is 97.7 Å². The molecule has 8 heteroatoms. The van der Waals surface area contributed by atoms with Crippen LogP contribution in [0.4, 0.5) is 5.69 Å². The molecule has 0 fully saturated rings. The molecular formula is C30H23N5O2S. The van der Waals surface area contributed by atoms with Crippen molar-refractivity contribution in [3.63, 3.8) is 0 Å². The molecule has 0 bridgehead atoms. The highest BCUT2D eigenvalue weighted by Crippen LogP contribution is 2.21. The van der Waals surface area contributed by atoms with Gasteiger partial charge in [-0.05, 0) is 48.2 Å². The molecule has 3 heterocycles. The molecule has 3 aromatic carbocycles. The Balaban J connectivity index is 0.000000156. The molecule has 3 aromatic heterocycles. The Morgan fingerprint density at radius 3 is 2.18 bits per heavy atom. The number of carbonyl (C=O) groups excluding carboxylic acids is 2. The van der Waals surface area contributed by atoms with Crippen LogP contribution in [0.15, 0.2) is 103 Å². The minimum atomic E-state index is -0.122. The average molecular weight is 518 g/mol. The number of fused-ring (bicyclic) bond motifs is 2. The summed E-state index contributed by atoms with van der Waals surface area (Å²) in [5.74, 6) is -0.0185. The number of hydrogen-bond acceptors (Lipinski definition) is 7. The fourth-order valence-corrected chi connectivity index (χ4v) is 4.59. The van der Waals surface area contributed by atoms with Gasteiger partial charge in [-0.2, -0.15) is 0 Å². The molecule has 0 aliphatic carbocycles. The standard InChI is InChI=1S/C17H14N2O.C13H9N3OS/c1-12-4-2-5-13(10-12)16(20)11-14-6-3-7-15-17(14)19-9-8-18-15;17-13(11-5-2-8-18-11)16-10-4-1-3-9-12(10)15-7-6-14-9/h2-10H,11H2,1H3;1-8H,(H,16,17). The summed E-state index contributed by atoms with van der Waals surface area (Å²) in [5.41, 5.74) is 6.52. The van der Waals surface area contributed by atoms with Gasteiger partial charge in [-0.15, -0.1) is 11.3 Å². The van der Waals surface area contributed by atoms with Gasteiger partial charge in [0, 0.05) is 36.8 Å². The zero-order valence-corrected chi connectivity index (χ0v) is 21.4. The maximum atomic E-state index is 12.4. The number of amides is 1. The van der Waals surface area contributed by atoms with Gasteiger partial charge < -0.3 is 5.32 Å². The van der Waals surface area contributed by atoms with E-state index in [2.05, 4.69) is 25.3 Å². The molecule has 0 aliphatic heterocycles. The molecule has 0 spiro atoms. The zero-order chi connectivity index (χ0) is 26.3. The third kappa shape index (κ3) is 5.77. The van der Waals surface area contributed by atoms with Crippen LogP contribution in [0.1, 0.15) is 31.2 Å². The van der Waals surface area contributed by atoms with Gasteiger partial charge in [0.1, 0.15) is 5.52 Å². The number of thiophene rings is 1. The molecule has 0 saturated carbocycles. The van der Waals surface area contributed by atoms with Gasteiger partial charge in [0.2, 0.25) is 0 Å². The molecule has 6 aromatic rings. The van der Waals surface area contributed by atoms with E-state index in [0.29, 0.717) is 22.5 Å². The predicted octanol–water partition coefficient (Wildman–Crippen LogP) is 6.31. The van der Waals surface area contributed by atoms with Gasteiger partial charge in [-0.25, -0.2) is 0 Å². The Hall–Kier alpha value is -4.82. The van der Waals surface area contributed by atoms with Crippen LogP contribution >= 0.6 is 11.3 Å². The van der Waals surface area contributed by atoms with Gasteiger partial charge in [-0.3, -0.25) is 29.5 Å². The molecule has 1 N–H and O–H groups in total. The second kappa shape index (κ2) is 11.5. The van der Waals surface area contributed by atoms with Gasteiger partial charge in [0.05, 0.1) is 27.1 Å². The Bertz CT molecular complexity index is 1720. The first kappa shape index (κ1) is 24.9. The molecule has 7 nitrogen and oxygen atoms in total. The molecule has 6 rings (SSSR count). The summed E-state index contributed by atoms with van der Waals surface area (Å²) in [6, 6.07) is 22.6. The molecule has 1 amide bonds. The van der Waals surface area contributed by atoms with Gasteiger partial charge in [0.25, 0.3) is 5.91 Å². The van der Waals surface area contributed by atoms with Crippen molar-refractivity contribution in [3.05, 3.63) is 125 Å². The summed E-state index contributed by atoms with van der Waals surface area (Å²) in [5, 5.41) is 4.73. The first-order chi connectivity index (χ1) is 18.6. The lowest BCUT2D eigenvalue weighted by atomic mass is 10.0. The van der Waals surface area contributed by atoms with E-state index in [1.54, 1.807) is 30.9 Å². The minimum Gasteiger partial charge on any atom is -0.319 e. The first-order valence-corrected chi connectivity index (χ1v) is 12.8. The summed E-state index contributed by atoms with van der Waals surface area (Å²) in [6.07, 6.45) is 6.91. The number of rotatable bonds is 5. The third-order valence-electron chi connectivity index (χ3n) is 5.77. The number of benzene rings is 3. The quantitative estimate of drug-likeness (QED) is 0.269. The SMILES string of the molecule is Cc1cccc(C(=O)Cc2cccc3nccnc23)c1.O=C(Nc1cccc2nccnc12)c1cccs1. The summed E-state index contributed by atoms with van der Waals surface area (Å²) < 4.78 is 0. The summed E-state index contributed by atoms with van der Waals surface area (Å²) in [6.45, 7) is 1.99.